The average molecular weight is 309 g/mol. The van der Waals surface area contributed by atoms with E-state index in [1.807, 2.05) is 13.0 Å². The minimum absolute atomic E-state index is 0.271. The van der Waals surface area contributed by atoms with E-state index in [2.05, 4.69) is 15.9 Å². The number of halogens is 2. The second kappa shape index (κ2) is 5.68. The maximum atomic E-state index is 5.97. The Morgan fingerprint density at radius 2 is 2.33 bits per heavy atom. The summed E-state index contributed by atoms with van der Waals surface area (Å²) in [7, 11) is 0. The van der Waals surface area contributed by atoms with Gasteiger partial charge in [-0.25, -0.2) is 0 Å². The third kappa shape index (κ3) is 3.63. The first kappa shape index (κ1) is 12.7. The number of rotatable bonds is 4. The quantitative estimate of drug-likeness (QED) is 0.864. The van der Waals surface area contributed by atoms with Crippen molar-refractivity contribution >= 4 is 44.7 Å². The Labute approximate surface area is 108 Å². The molecule has 0 fully saturated rings. The van der Waals surface area contributed by atoms with Crippen molar-refractivity contribution in [3.8, 4) is 5.75 Å². The molecule has 1 rings (SSSR count). The van der Waals surface area contributed by atoms with Gasteiger partial charge in [0.2, 0.25) is 0 Å². The van der Waals surface area contributed by atoms with Crippen LogP contribution in [0.15, 0.2) is 22.7 Å². The van der Waals surface area contributed by atoms with Crippen LogP contribution in [0.3, 0.4) is 0 Å². The zero-order valence-corrected chi connectivity index (χ0v) is 11.3. The van der Waals surface area contributed by atoms with Crippen molar-refractivity contribution in [2.75, 3.05) is 0 Å². The van der Waals surface area contributed by atoms with E-state index in [1.54, 1.807) is 12.1 Å². The molecule has 2 nitrogen and oxygen atoms in total. The van der Waals surface area contributed by atoms with Crippen LogP contribution in [0.2, 0.25) is 5.02 Å². The first-order valence-corrected chi connectivity index (χ1v) is 6.03. The fraction of sp³-hybridized carbons (Fsp3) is 0.300. The van der Waals surface area contributed by atoms with Crippen molar-refractivity contribution < 1.29 is 4.74 Å². The Morgan fingerprint density at radius 1 is 1.67 bits per heavy atom. The number of hydrogen-bond acceptors (Lipinski definition) is 2. The molecule has 0 aliphatic heterocycles. The third-order valence-electron chi connectivity index (χ3n) is 1.85. The highest BCUT2D eigenvalue weighted by molar-refractivity contribution is 9.10. The Balaban J connectivity index is 2.87. The topological polar surface area (TPSA) is 35.2 Å². The molecule has 82 valence electrons. The summed E-state index contributed by atoms with van der Waals surface area (Å²) in [6, 6.07) is 5.40. The Bertz CT molecular complexity index is 372. The lowest BCUT2D eigenvalue weighted by Crippen LogP contribution is -2.31. The van der Waals surface area contributed by atoms with Crippen LogP contribution in [0, 0.1) is 0 Å². The van der Waals surface area contributed by atoms with Crippen LogP contribution in [-0.2, 0) is 0 Å². The van der Waals surface area contributed by atoms with E-state index in [-0.39, 0.29) is 6.10 Å². The molecule has 0 aliphatic carbocycles. The summed E-state index contributed by atoms with van der Waals surface area (Å²) in [4.78, 5) is 0.341. The number of thiocarbonyl (C=S) groups is 1. The average Bonchev–Trinajstić information content (AvgIpc) is 2.18. The molecule has 0 radical (unpaired) electrons. The molecule has 1 aromatic rings. The van der Waals surface area contributed by atoms with E-state index < -0.39 is 0 Å². The summed E-state index contributed by atoms with van der Waals surface area (Å²) >= 11 is 14.2. The van der Waals surface area contributed by atoms with E-state index >= 15 is 0 Å². The predicted octanol–water partition coefficient (Wildman–Crippen LogP) is 3.55. The molecule has 0 aromatic heterocycles. The van der Waals surface area contributed by atoms with Gasteiger partial charge in [-0.2, -0.15) is 0 Å². The smallest absolute Gasteiger partial charge is 0.148 e. The van der Waals surface area contributed by atoms with Crippen molar-refractivity contribution in [2.24, 2.45) is 5.73 Å². The summed E-state index contributed by atoms with van der Waals surface area (Å²) < 4.78 is 6.51. The van der Waals surface area contributed by atoms with Gasteiger partial charge in [0, 0.05) is 4.47 Å². The van der Waals surface area contributed by atoms with Crippen LogP contribution in [-0.4, -0.2) is 11.1 Å². The van der Waals surface area contributed by atoms with Crippen LogP contribution in [0.4, 0.5) is 0 Å². The van der Waals surface area contributed by atoms with Gasteiger partial charge in [-0.05, 0) is 24.6 Å². The molecule has 0 spiro atoms. The zero-order chi connectivity index (χ0) is 11.4. The van der Waals surface area contributed by atoms with Crippen LogP contribution in [0.5, 0.6) is 5.75 Å². The number of ether oxygens (including phenoxy) is 1. The third-order valence-corrected chi connectivity index (χ3v) is 2.92. The summed E-state index contributed by atoms with van der Waals surface area (Å²) in [6.07, 6.45) is 0.449. The summed E-state index contributed by atoms with van der Waals surface area (Å²) in [5.41, 5.74) is 5.53. The minimum atomic E-state index is -0.271. The van der Waals surface area contributed by atoms with Gasteiger partial charge in [-0.1, -0.05) is 46.7 Å². The first-order valence-electron chi connectivity index (χ1n) is 4.45. The van der Waals surface area contributed by atoms with Gasteiger partial charge in [0.1, 0.15) is 16.8 Å². The lowest BCUT2D eigenvalue weighted by atomic mass is 10.2. The molecule has 15 heavy (non-hydrogen) atoms. The zero-order valence-electron chi connectivity index (χ0n) is 8.17. The summed E-state index contributed by atoms with van der Waals surface area (Å²) in [5.74, 6) is 0.589. The molecule has 5 heteroatoms. The Morgan fingerprint density at radius 3 is 2.87 bits per heavy atom. The van der Waals surface area contributed by atoms with Gasteiger partial charge in [0.25, 0.3) is 0 Å². The van der Waals surface area contributed by atoms with Crippen LogP contribution in [0.25, 0.3) is 0 Å². The van der Waals surface area contributed by atoms with E-state index in [0.29, 0.717) is 15.8 Å². The molecule has 0 saturated carbocycles. The van der Waals surface area contributed by atoms with Crippen molar-refractivity contribution in [2.45, 2.75) is 19.4 Å². The van der Waals surface area contributed by atoms with Crippen molar-refractivity contribution in [3.63, 3.8) is 0 Å². The summed E-state index contributed by atoms with van der Waals surface area (Å²) in [5, 5.41) is 0.549. The Hall–Kier alpha value is -0.320. The lowest BCUT2D eigenvalue weighted by molar-refractivity contribution is 0.264. The molecular weight excluding hydrogens is 298 g/mol. The van der Waals surface area contributed by atoms with Gasteiger partial charge in [0.15, 0.2) is 0 Å². The predicted molar refractivity (Wildman–Crippen MR) is 70.6 cm³/mol. The van der Waals surface area contributed by atoms with Crippen molar-refractivity contribution in [3.05, 3.63) is 27.7 Å². The molecule has 0 bridgehead atoms. The molecule has 0 saturated heterocycles. The van der Waals surface area contributed by atoms with Gasteiger partial charge < -0.3 is 10.5 Å². The molecule has 2 N–H and O–H groups in total. The fourth-order valence-electron chi connectivity index (χ4n) is 1.06. The van der Waals surface area contributed by atoms with Gasteiger partial charge in [-0.3, -0.25) is 0 Å². The molecule has 1 unspecified atom stereocenters. The minimum Gasteiger partial charge on any atom is -0.482 e. The number of hydrogen-bond donors (Lipinski definition) is 1. The SMILES string of the molecule is CCC(Oc1cc(Br)ccc1Cl)C(N)=S. The fourth-order valence-corrected chi connectivity index (χ4v) is 1.78. The van der Waals surface area contributed by atoms with Crippen LogP contribution in [0.1, 0.15) is 13.3 Å². The second-order valence-electron chi connectivity index (χ2n) is 2.99. The normalized spacial score (nSPS) is 12.2. The Kier molecular flexibility index (Phi) is 4.83. The highest BCUT2D eigenvalue weighted by Gasteiger charge is 2.13. The van der Waals surface area contributed by atoms with E-state index in [0.717, 1.165) is 10.9 Å². The molecule has 1 atom stereocenters. The van der Waals surface area contributed by atoms with Gasteiger partial charge in [0.05, 0.1) is 5.02 Å². The molecular formula is C10H11BrClNOS. The van der Waals surface area contributed by atoms with Crippen molar-refractivity contribution in [1.29, 1.82) is 0 Å². The van der Waals surface area contributed by atoms with Gasteiger partial charge >= 0.3 is 0 Å². The number of benzene rings is 1. The van der Waals surface area contributed by atoms with E-state index in [4.69, 9.17) is 34.3 Å². The van der Waals surface area contributed by atoms with E-state index in [1.165, 1.54) is 0 Å². The van der Waals surface area contributed by atoms with Gasteiger partial charge in [-0.15, -0.1) is 0 Å². The first-order chi connectivity index (χ1) is 7.04. The monoisotopic (exact) mass is 307 g/mol. The molecule has 0 aliphatic rings. The lowest BCUT2D eigenvalue weighted by Gasteiger charge is -2.17. The van der Waals surface area contributed by atoms with E-state index in [9.17, 15) is 0 Å². The maximum Gasteiger partial charge on any atom is 0.148 e. The molecule has 1 aromatic carbocycles. The standard InChI is InChI=1S/C10H11BrClNOS/c1-2-8(10(13)15)14-9-5-6(11)3-4-7(9)12/h3-5,8H,2H2,1H3,(H2,13,15). The highest BCUT2D eigenvalue weighted by atomic mass is 79.9. The van der Waals surface area contributed by atoms with Crippen molar-refractivity contribution in [1.82, 2.24) is 0 Å². The highest BCUT2D eigenvalue weighted by Crippen LogP contribution is 2.29. The molecule has 0 heterocycles. The summed E-state index contributed by atoms with van der Waals surface area (Å²) in [6.45, 7) is 1.95. The second-order valence-corrected chi connectivity index (χ2v) is 4.79. The molecule has 0 amide bonds. The number of nitrogens with two attached hydrogens (primary N) is 1. The maximum absolute atomic E-state index is 5.97. The van der Waals surface area contributed by atoms with Crippen LogP contribution < -0.4 is 10.5 Å². The van der Waals surface area contributed by atoms with Crippen LogP contribution >= 0.6 is 39.7 Å². The largest absolute Gasteiger partial charge is 0.482 e.